The van der Waals surface area contributed by atoms with E-state index in [9.17, 15) is 4.79 Å². The van der Waals surface area contributed by atoms with E-state index in [2.05, 4.69) is 10.1 Å². The van der Waals surface area contributed by atoms with E-state index < -0.39 is 0 Å². The van der Waals surface area contributed by atoms with E-state index in [-0.39, 0.29) is 23.0 Å². The zero-order valence-electron chi connectivity index (χ0n) is 16.1. The van der Waals surface area contributed by atoms with Gasteiger partial charge in [0, 0.05) is 18.2 Å². The Kier molecular flexibility index (Phi) is 4.16. The number of hydrogen-bond donors (Lipinski definition) is 0. The smallest absolute Gasteiger partial charge is 0.311 e. The Labute approximate surface area is 164 Å². The molecule has 2 bridgehead atoms. The maximum absolute atomic E-state index is 11.8. The fourth-order valence-electron chi connectivity index (χ4n) is 5.10. The van der Waals surface area contributed by atoms with Gasteiger partial charge in [0.2, 0.25) is 0 Å². The molecule has 3 saturated carbocycles. The first-order valence-electron chi connectivity index (χ1n) is 9.96. The molecule has 0 amide bonds. The van der Waals surface area contributed by atoms with Crippen molar-refractivity contribution in [3.63, 3.8) is 0 Å². The molecule has 3 aliphatic carbocycles. The molecule has 2 aromatic heterocycles. The van der Waals surface area contributed by atoms with Crippen molar-refractivity contribution in [3.8, 4) is 17.1 Å². The van der Waals surface area contributed by atoms with Gasteiger partial charge in [-0.1, -0.05) is 0 Å². The van der Waals surface area contributed by atoms with Crippen LogP contribution in [0.15, 0.2) is 30.6 Å². The number of pyridine rings is 1. The van der Waals surface area contributed by atoms with Crippen molar-refractivity contribution < 1.29 is 19.0 Å². The molecule has 0 radical (unpaired) electrons. The van der Waals surface area contributed by atoms with Crippen LogP contribution in [0.3, 0.4) is 0 Å². The van der Waals surface area contributed by atoms with Crippen LogP contribution in [0.5, 0.6) is 5.75 Å². The van der Waals surface area contributed by atoms with Crippen molar-refractivity contribution in [1.29, 1.82) is 0 Å². The molecule has 2 aromatic rings. The Morgan fingerprint density at radius 1 is 1.29 bits per heavy atom. The second-order valence-corrected chi connectivity index (χ2v) is 8.45. The lowest BCUT2D eigenvalue weighted by Crippen LogP contribution is -2.67. The summed E-state index contributed by atoms with van der Waals surface area (Å²) >= 11 is 0. The Bertz CT molecular complexity index is 850. The maximum Gasteiger partial charge on any atom is 0.311 e. The molecule has 7 heteroatoms. The van der Waals surface area contributed by atoms with Crippen LogP contribution in [-0.2, 0) is 14.3 Å². The summed E-state index contributed by atoms with van der Waals surface area (Å²) in [5.74, 6) is 0.680. The number of methoxy groups -OCH3 is 1. The van der Waals surface area contributed by atoms with Crippen molar-refractivity contribution in [1.82, 2.24) is 14.8 Å². The SMILES string of the molecule is COC(=O)C12CC(COc3ccc(-c4ccnn4C4CCCCO4)nc3)(C1)C2. The van der Waals surface area contributed by atoms with Crippen LogP contribution in [0, 0.1) is 10.8 Å². The average Bonchev–Trinajstić information content (AvgIpc) is 3.16. The van der Waals surface area contributed by atoms with Gasteiger partial charge in [0.25, 0.3) is 0 Å². The summed E-state index contributed by atoms with van der Waals surface area (Å²) in [6.07, 6.45) is 9.40. The standard InChI is InChI=1S/C21H25N3O4/c1-26-19(25)21-11-20(12-21,13-21)14-28-15-5-6-16(22-10-15)17-7-8-23-24(17)18-4-2-3-9-27-18/h5-8,10,18H,2-4,9,11-14H2,1H3. The minimum absolute atomic E-state index is 0.0112. The molecule has 7 nitrogen and oxygen atoms in total. The number of carbonyl (C=O) groups excluding carboxylic acids is 1. The lowest BCUT2D eigenvalue weighted by atomic mass is 9.35. The lowest BCUT2D eigenvalue weighted by Gasteiger charge is -2.68. The van der Waals surface area contributed by atoms with Crippen LogP contribution in [-0.4, -0.2) is 41.1 Å². The maximum atomic E-state index is 11.8. The number of rotatable bonds is 6. The minimum Gasteiger partial charge on any atom is -0.491 e. The van der Waals surface area contributed by atoms with Crippen LogP contribution in [0.4, 0.5) is 0 Å². The van der Waals surface area contributed by atoms with E-state index in [0.717, 1.165) is 62.3 Å². The molecular weight excluding hydrogens is 358 g/mol. The van der Waals surface area contributed by atoms with Crippen molar-refractivity contribution >= 4 is 5.97 Å². The highest BCUT2D eigenvalue weighted by Crippen LogP contribution is 2.73. The number of aromatic nitrogens is 3. The summed E-state index contributed by atoms with van der Waals surface area (Å²) in [6.45, 7) is 1.41. The van der Waals surface area contributed by atoms with Crippen molar-refractivity contribution in [2.75, 3.05) is 20.3 Å². The van der Waals surface area contributed by atoms with Crippen LogP contribution in [0.1, 0.15) is 44.8 Å². The first-order chi connectivity index (χ1) is 13.6. The zero-order chi connectivity index (χ0) is 19.2. The van der Waals surface area contributed by atoms with Gasteiger partial charge in [0.1, 0.15) is 5.75 Å². The summed E-state index contributed by atoms with van der Waals surface area (Å²) in [5.41, 5.74) is 1.73. The molecule has 1 unspecified atom stereocenters. The van der Waals surface area contributed by atoms with E-state index in [1.54, 1.807) is 12.4 Å². The molecule has 1 atom stereocenters. The fraction of sp³-hybridized carbons (Fsp3) is 0.571. The van der Waals surface area contributed by atoms with Crippen LogP contribution < -0.4 is 4.74 Å². The Hall–Kier alpha value is -2.41. The van der Waals surface area contributed by atoms with Crippen LogP contribution in [0.25, 0.3) is 11.4 Å². The molecule has 1 saturated heterocycles. The summed E-state index contributed by atoms with van der Waals surface area (Å²) in [5, 5.41) is 4.44. The second-order valence-electron chi connectivity index (χ2n) is 8.45. The lowest BCUT2D eigenvalue weighted by molar-refractivity contribution is -0.233. The largest absolute Gasteiger partial charge is 0.491 e. The van der Waals surface area contributed by atoms with E-state index in [4.69, 9.17) is 14.2 Å². The molecule has 0 spiro atoms. The second kappa shape index (κ2) is 6.58. The topological polar surface area (TPSA) is 75.5 Å². The third-order valence-corrected chi connectivity index (χ3v) is 6.40. The van der Waals surface area contributed by atoms with Crippen molar-refractivity contribution in [3.05, 3.63) is 30.6 Å². The summed E-state index contributed by atoms with van der Waals surface area (Å²) in [7, 11) is 1.46. The highest BCUT2D eigenvalue weighted by atomic mass is 16.5. The van der Waals surface area contributed by atoms with E-state index >= 15 is 0 Å². The Morgan fingerprint density at radius 3 is 2.82 bits per heavy atom. The summed E-state index contributed by atoms with van der Waals surface area (Å²) in [4.78, 5) is 16.3. The quantitative estimate of drug-likeness (QED) is 0.712. The highest BCUT2D eigenvalue weighted by Gasteiger charge is 2.72. The van der Waals surface area contributed by atoms with Crippen LogP contribution in [0.2, 0.25) is 0 Å². The number of esters is 1. The van der Waals surface area contributed by atoms with Crippen molar-refractivity contribution in [2.24, 2.45) is 10.8 Å². The van der Waals surface area contributed by atoms with Crippen LogP contribution >= 0.6 is 0 Å². The van der Waals surface area contributed by atoms with E-state index in [1.807, 2.05) is 22.9 Å². The third-order valence-electron chi connectivity index (χ3n) is 6.40. The molecular formula is C21H25N3O4. The normalized spacial score (nSPS) is 30.8. The highest BCUT2D eigenvalue weighted by molar-refractivity contribution is 5.81. The number of carbonyl (C=O) groups is 1. The minimum atomic E-state index is -0.222. The van der Waals surface area contributed by atoms with Gasteiger partial charge >= 0.3 is 5.97 Å². The van der Waals surface area contributed by atoms with Gasteiger partial charge in [-0.05, 0) is 56.7 Å². The molecule has 1 aliphatic heterocycles. The predicted octanol–water partition coefficient (Wildman–Crippen LogP) is 3.37. The molecule has 0 N–H and O–H groups in total. The van der Waals surface area contributed by atoms with Gasteiger partial charge in [-0.3, -0.25) is 9.78 Å². The molecule has 6 rings (SSSR count). The molecule has 28 heavy (non-hydrogen) atoms. The van der Waals surface area contributed by atoms with Gasteiger partial charge in [-0.2, -0.15) is 5.10 Å². The monoisotopic (exact) mass is 383 g/mol. The molecule has 148 valence electrons. The van der Waals surface area contributed by atoms with Crippen molar-refractivity contribution in [2.45, 2.75) is 44.8 Å². The number of ether oxygens (including phenoxy) is 3. The fourth-order valence-corrected chi connectivity index (χ4v) is 5.10. The molecule has 4 fully saturated rings. The average molecular weight is 383 g/mol. The Morgan fingerprint density at radius 2 is 2.14 bits per heavy atom. The first kappa shape index (κ1) is 17.7. The van der Waals surface area contributed by atoms with Gasteiger partial charge in [0.05, 0.1) is 36.7 Å². The van der Waals surface area contributed by atoms with Gasteiger partial charge in [-0.25, -0.2) is 4.68 Å². The molecule has 3 heterocycles. The van der Waals surface area contributed by atoms with Gasteiger partial charge in [-0.15, -0.1) is 0 Å². The first-order valence-corrected chi connectivity index (χ1v) is 9.96. The van der Waals surface area contributed by atoms with E-state index in [0.29, 0.717) is 6.61 Å². The van der Waals surface area contributed by atoms with E-state index in [1.165, 1.54) is 7.11 Å². The third kappa shape index (κ3) is 2.80. The molecule has 4 aliphatic rings. The van der Waals surface area contributed by atoms with Gasteiger partial charge < -0.3 is 14.2 Å². The molecule has 0 aromatic carbocycles. The predicted molar refractivity (Wildman–Crippen MR) is 101 cm³/mol. The zero-order valence-corrected chi connectivity index (χ0v) is 16.1. The Balaban J connectivity index is 1.21. The number of hydrogen-bond acceptors (Lipinski definition) is 6. The summed E-state index contributed by atoms with van der Waals surface area (Å²) in [6, 6.07) is 5.88. The van der Waals surface area contributed by atoms with Gasteiger partial charge in [0.15, 0.2) is 6.23 Å². The summed E-state index contributed by atoms with van der Waals surface area (Å²) < 4.78 is 18.6. The number of nitrogens with zero attached hydrogens (tertiary/aromatic N) is 3.